The molecule has 0 radical (unpaired) electrons. The van der Waals surface area contributed by atoms with Crippen LogP contribution in [0.1, 0.15) is 28.5 Å². The van der Waals surface area contributed by atoms with Gasteiger partial charge in [-0.25, -0.2) is 13.8 Å². The Morgan fingerprint density at radius 1 is 1.39 bits per heavy atom. The van der Waals surface area contributed by atoms with E-state index in [-0.39, 0.29) is 17.8 Å². The lowest BCUT2D eigenvalue weighted by atomic mass is 9.95. The summed E-state index contributed by atoms with van der Waals surface area (Å²) in [5, 5.41) is 21.4. The molecule has 0 aliphatic carbocycles. The molecule has 0 saturated carbocycles. The van der Waals surface area contributed by atoms with Gasteiger partial charge in [-0.15, -0.1) is 0 Å². The van der Waals surface area contributed by atoms with E-state index in [1.165, 1.54) is 25.3 Å². The number of halogens is 2. The van der Waals surface area contributed by atoms with Gasteiger partial charge in [0, 0.05) is 17.8 Å². The molecule has 23 heavy (non-hydrogen) atoms. The third-order valence-corrected chi connectivity index (χ3v) is 3.23. The number of nitrogens with zero attached hydrogens (tertiary/aromatic N) is 2. The van der Waals surface area contributed by atoms with Crippen LogP contribution in [0.3, 0.4) is 0 Å². The van der Waals surface area contributed by atoms with Crippen molar-refractivity contribution < 1.29 is 18.7 Å². The number of hydrogen-bond acceptors (Lipinski definition) is 4. The minimum atomic E-state index is -1.72. The van der Waals surface area contributed by atoms with Gasteiger partial charge in [0.2, 0.25) is 0 Å². The van der Waals surface area contributed by atoms with Crippen LogP contribution < -0.4 is 5.32 Å². The number of amides is 1. The predicted octanol–water partition coefficient (Wildman–Crippen LogP) is 1.87. The molecule has 2 aromatic rings. The van der Waals surface area contributed by atoms with Gasteiger partial charge in [0.25, 0.3) is 5.91 Å². The first-order valence-corrected chi connectivity index (χ1v) is 6.66. The Morgan fingerprint density at radius 3 is 2.70 bits per heavy atom. The number of carbonyl (C=O) groups is 1. The number of aliphatic hydroxyl groups is 1. The maximum atomic E-state index is 13.7. The highest BCUT2D eigenvalue weighted by Gasteiger charge is 2.27. The Kier molecular flexibility index (Phi) is 4.67. The molecule has 7 heteroatoms. The summed E-state index contributed by atoms with van der Waals surface area (Å²) >= 11 is 0. The summed E-state index contributed by atoms with van der Waals surface area (Å²) in [6.07, 6.45) is 1.24. The number of nitrogens with one attached hydrogen (secondary N) is 1. The van der Waals surface area contributed by atoms with Crippen LogP contribution in [0.25, 0.3) is 0 Å². The summed E-state index contributed by atoms with van der Waals surface area (Å²) in [4.78, 5) is 15.8. The molecule has 1 atom stereocenters. The van der Waals surface area contributed by atoms with Crippen molar-refractivity contribution in [2.75, 3.05) is 6.54 Å². The molecule has 2 N–H and O–H groups in total. The fourth-order valence-corrected chi connectivity index (χ4v) is 1.96. The van der Waals surface area contributed by atoms with E-state index in [1.807, 2.05) is 6.07 Å². The van der Waals surface area contributed by atoms with Gasteiger partial charge in [-0.1, -0.05) is 6.07 Å². The molecule has 5 nitrogen and oxygen atoms in total. The maximum absolute atomic E-state index is 13.7. The minimum Gasteiger partial charge on any atom is -0.383 e. The lowest BCUT2D eigenvalue weighted by Crippen LogP contribution is -2.39. The van der Waals surface area contributed by atoms with Gasteiger partial charge in [-0.05, 0) is 25.1 Å². The van der Waals surface area contributed by atoms with Crippen LogP contribution in [0.5, 0.6) is 0 Å². The summed E-state index contributed by atoms with van der Waals surface area (Å²) < 4.78 is 26.6. The van der Waals surface area contributed by atoms with E-state index < -0.39 is 23.1 Å². The number of pyridine rings is 1. The van der Waals surface area contributed by atoms with Crippen LogP contribution in [0.4, 0.5) is 8.78 Å². The van der Waals surface area contributed by atoms with Gasteiger partial charge >= 0.3 is 0 Å². The van der Waals surface area contributed by atoms with Gasteiger partial charge in [0.15, 0.2) is 0 Å². The normalized spacial score (nSPS) is 13.0. The van der Waals surface area contributed by atoms with Crippen LogP contribution in [0.15, 0.2) is 36.5 Å². The molecule has 0 bridgehead atoms. The number of benzene rings is 1. The van der Waals surface area contributed by atoms with Crippen LogP contribution in [0.2, 0.25) is 0 Å². The number of carbonyl (C=O) groups excluding carboxylic acids is 1. The lowest BCUT2D eigenvalue weighted by molar-refractivity contribution is 0.0493. The standard InChI is InChI=1S/C16H13F2N3O2/c1-16(23,12-4-3-11(17)6-13(12)18)9-21-15(22)14-5-2-10(7-19)8-20-14/h2-6,8,23H,9H2,1H3,(H,21,22)/t16-/m0/s1. The Morgan fingerprint density at radius 2 is 2.13 bits per heavy atom. The molecule has 118 valence electrons. The van der Waals surface area contributed by atoms with E-state index in [4.69, 9.17) is 5.26 Å². The SMILES string of the molecule is C[C@](O)(CNC(=O)c1ccc(C#N)cn1)c1ccc(F)cc1F. The largest absolute Gasteiger partial charge is 0.383 e. The summed E-state index contributed by atoms with van der Waals surface area (Å²) in [6, 6.07) is 7.47. The third kappa shape index (κ3) is 3.87. The van der Waals surface area contributed by atoms with E-state index >= 15 is 0 Å². The molecule has 0 spiro atoms. The molecule has 0 unspecified atom stereocenters. The summed E-state index contributed by atoms with van der Waals surface area (Å²) in [7, 11) is 0. The van der Waals surface area contributed by atoms with Crippen LogP contribution in [-0.2, 0) is 5.60 Å². The summed E-state index contributed by atoms with van der Waals surface area (Å²) in [5.41, 5.74) is -1.49. The molecular weight excluding hydrogens is 304 g/mol. The van der Waals surface area contributed by atoms with Crippen LogP contribution >= 0.6 is 0 Å². The van der Waals surface area contributed by atoms with Gasteiger partial charge in [0.05, 0.1) is 12.1 Å². The highest BCUT2D eigenvalue weighted by Crippen LogP contribution is 2.23. The van der Waals surface area contributed by atoms with Gasteiger partial charge in [-0.2, -0.15) is 5.26 Å². The predicted molar refractivity (Wildman–Crippen MR) is 77.2 cm³/mol. The topological polar surface area (TPSA) is 86.0 Å². The second-order valence-electron chi connectivity index (χ2n) is 5.12. The van der Waals surface area contributed by atoms with E-state index in [9.17, 15) is 18.7 Å². The smallest absolute Gasteiger partial charge is 0.269 e. The van der Waals surface area contributed by atoms with E-state index in [1.54, 1.807) is 0 Å². The van der Waals surface area contributed by atoms with Gasteiger partial charge in [0.1, 0.15) is 29.0 Å². The second kappa shape index (κ2) is 6.50. The monoisotopic (exact) mass is 317 g/mol. The first kappa shape index (κ1) is 16.5. The fraction of sp³-hybridized carbons (Fsp3) is 0.188. The van der Waals surface area contributed by atoms with E-state index in [0.29, 0.717) is 11.6 Å². The zero-order chi connectivity index (χ0) is 17.0. The van der Waals surface area contributed by atoms with Crippen molar-refractivity contribution in [1.29, 1.82) is 5.26 Å². The molecule has 2 rings (SSSR count). The zero-order valence-electron chi connectivity index (χ0n) is 12.2. The molecule has 1 amide bonds. The van der Waals surface area contributed by atoms with E-state index in [0.717, 1.165) is 12.1 Å². The average molecular weight is 317 g/mol. The summed E-state index contributed by atoms with van der Waals surface area (Å²) in [6.45, 7) is 1.01. The van der Waals surface area contributed by atoms with Crippen molar-refractivity contribution in [2.24, 2.45) is 0 Å². The van der Waals surface area contributed by atoms with Crippen molar-refractivity contribution in [3.8, 4) is 6.07 Å². The lowest BCUT2D eigenvalue weighted by Gasteiger charge is -2.24. The Bertz CT molecular complexity index is 768. The Hall–Kier alpha value is -2.85. The Labute approximate surface area is 131 Å². The van der Waals surface area contributed by atoms with Gasteiger partial charge < -0.3 is 10.4 Å². The quantitative estimate of drug-likeness (QED) is 0.901. The van der Waals surface area contributed by atoms with Crippen molar-refractivity contribution in [2.45, 2.75) is 12.5 Å². The molecule has 0 aliphatic rings. The highest BCUT2D eigenvalue weighted by atomic mass is 19.1. The number of rotatable bonds is 4. The van der Waals surface area contributed by atoms with Crippen molar-refractivity contribution in [1.82, 2.24) is 10.3 Å². The number of hydrogen-bond donors (Lipinski definition) is 2. The molecule has 0 saturated heterocycles. The van der Waals surface area contributed by atoms with Crippen molar-refractivity contribution in [3.05, 3.63) is 65.0 Å². The van der Waals surface area contributed by atoms with Gasteiger partial charge in [-0.3, -0.25) is 4.79 Å². The van der Waals surface area contributed by atoms with Crippen molar-refractivity contribution in [3.63, 3.8) is 0 Å². The van der Waals surface area contributed by atoms with Crippen molar-refractivity contribution >= 4 is 5.91 Å². The molecule has 1 heterocycles. The number of aromatic nitrogens is 1. The highest BCUT2D eigenvalue weighted by molar-refractivity contribution is 5.92. The minimum absolute atomic E-state index is 0.0550. The second-order valence-corrected chi connectivity index (χ2v) is 5.12. The molecule has 0 fully saturated rings. The fourth-order valence-electron chi connectivity index (χ4n) is 1.96. The van der Waals surface area contributed by atoms with Crippen LogP contribution in [0, 0.1) is 23.0 Å². The first-order valence-electron chi connectivity index (χ1n) is 6.66. The molecule has 1 aromatic heterocycles. The first-order chi connectivity index (χ1) is 10.8. The van der Waals surface area contributed by atoms with Crippen LogP contribution in [-0.4, -0.2) is 22.5 Å². The molecular formula is C16H13F2N3O2. The van der Waals surface area contributed by atoms with E-state index in [2.05, 4.69) is 10.3 Å². The average Bonchev–Trinajstić information content (AvgIpc) is 2.52. The zero-order valence-corrected chi connectivity index (χ0v) is 12.2. The third-order valence-electron chi connectivity index (χ3n) is 3.23. The molecule has 1 aromatic carbocycles. The molecule has 0 aliphatic heterocycles. The maximum Gasteiger partial charge on any atom is 0.269 e. The Balaban J connectivity index is 2.08. The number of nitriles is 1. The summed E-state index contributed by atoms with van der Waals surface area (Å²) in [5.74, 6) is -2.24.